The Morgan fingerprint density at radius 1 is 1.40 bits per heavy atom. The second kappa shape index (κ2) is 9.27. The lowest BCUT2D eigenvalue weighted by Crippen LogP contribution is -2.18. The van der Waals surface area contributed by atoms with E-state index in [9.17, 15) is 9.18 Å². The molecule has 11 heteroatoms. The number of thioether (sulfide) groups is 1. The van der Waals surface area contributed by atoms with Gasteiger partial charge in [0, 0.05) is 24.3 Å². The number of benzene rings is 1. The number of anilines is 1. The van der Waals surface area contributed by atoms with E-state index in [0.717, 1.165) is 19.4 Å². The van der Waals surface area contributed by atoms with Crippen LogP contribution in [-0.4, -0.2) is 48.9 Å². The average molecular weight is 495 g/mol. The maximum Gasteiger partial charge on any atom is 0.234 e. The SMILES string of the molecule is Cn1ccc(-c2nnc(SCC(=O)Nc3ccc(Br)cc3F)n2C[C@H]2CCCO2)n1. The second-order valence-electron chi connectivity index (χ2n) is 6.89. The van der Waals surface area contributed by atoms with E-state index in [1.54, 1.807) is 10.7 Å². The van der Waals surface area contributed by atoms with E-state index in [-0.39, 0.29) is 23.5 Å². The summed E-state index contributed by atoms with van der Waals surface area (Å²) < 4.78 is 24.0. The Morgan fingerprint density at radius 2 is 2.27 bits per heavy atom. The first kappa shape index (κ1) is 21.0. The highest BCUT2D eigenvalue weighted by Gasteiger charge is 2.23. The summed E-state index contributed by atoms with van der Waals surface area (Å²) in [5, 5.41) is 16.2. The first-order chi connectivity index (χ1) is 14.5. The van der Waals surface area contributed by atoms with Crippen LogP contribution in [0.25, 0.3) is 11.5 Å². The van der Waals surface area contributed by atoms with Crippen LogP contribution in [0, 0.1) is 5.82 Å². The van der Waals surface area contributed by atoms with Crippen molar-refractivity contribution in [3.63, 3.8) is 0 Å². The van der Waals surface area contributed by atoms with E-state index in [0.29, 0.717) is 27.7 Å². The molecule has 2 aromatic heterocycles. The molecule has 0 saturated carbocycles. The van der Waals surface area contributed by atoms with Crippen molar-refractivity contribution < 1.29 is 13.9 Å². The monoisotopic (exact) mass is 494 g/mol. The minimum atomic E-state index is -0.498. The average Bonchev–Trinajstić information content (AvgIpc) is 3.45. The molecular weight excluding hydrogens is 475 g/mol. The zero-order valence-electron chi connectivity index (χ0n) is 16.2. The molecule has 0 unspecified atom stereocenters. The van der Waals surface area contributed by atoms with Crippen molar-refractivity contribution in [2.75, 3.05) is 17.7 Å². The van der Waals surface area contributed by atoms with Crippen LogP contribution in [0.1, 0.15) is 12.8 Å². The summed E-state index contributed by atoms with van der Waals surface area (Å²) in [4.78, 5) is 12.4. The first-order valence-corrected chi connectivity index (χ1v) is 11.2. The molecule has 1 aromatic carbocycles. The van der Waals surface area contributed by atoms with Gasteiger partial charge in [-0.2, -0.15) is 5.10 Å². The smallest absolute Gasteiger partial charge is 0.234 e. The molecule has 1 N–H and O–H groups in total. The van der Waals surface area contributed by atoms with Gasteiger partial charge < -0.3 is 10.1 Å². The van der Waals surface area contributed by atoms with Gasteiger partial charge in [0.1, 0.15) is 11.5 Å². The number of carbonyl (C=O) groups is 1. The third-order valence-electron chi connectivity index (χ3n) is 4.61. The van der Waals surface area contributed by atoms with Gasteiger partial charge in [-0.25, -0.2) is 4.39 Å². The number of aryl methyl sites for hydroxylation is 1. The molecule has 1 saturated heterocycles. The van der Waals surface area contributed by atoms with Gasteiger partial charge in [0.15, 0.2) is 11.0 Å². The molecule has 3 heterocycles. The predicted molar refractivity (Wildman–Crippen MR) is 115 cm³/mol. The molecule has 3 aromatic rings. The van der Waals surface area contributed by atoms with Gasteiger partial charge in [-0.3, -0.25) is 14.0 Å². The van der Waals surface area contributed by atoms with Crippen LogP contribution in [0.2, 0.25) is 0 Å². The van der Waals surface area contributed by atoms with E-state index in [1.807, 2.05) is 23.9 Å². The minimum Gasteiger partial charge on any atom is -0.376 e. The van der Waals surface area contributed by atoms with E-state index in [4.69, 9.17) is 4.74 Å². The molecule has 1 fully saturated rings. The molecule has 1 aliphatic heterocycles. The summed E-state index contributed by atoms with van der Waals surface area (Å²) in [5.41, 5.74) is 0.843. The summed E-state index contributed by atoms with van der Waals surface area (Å²) in [5.74, 6) is -0.122. The third-order valence-corrected chi connectivity index (χ3v) is 6.07. The van der Waals surface area contributed by atoms with Crippen LogP contribution in [0.15, 0.2) is 40.1 Å². The number of aromatic nitrogens is 5. The zero-order valence-corrected chi connectivity index (χ0v) is 18.6. The Morgan fingerprint density at radius 3 is 2.97 bits per heavy atom. The fourth-order valence-corrected chi connectivity index (χ4v) is 4.26. The number of ether oxygens (including phenoxy) is 1. The van der Waals surface area contributed by atoms with Crippen molar-refractivity contribution in [3.8, 4) is 11.5 Å². The summed E-state index contributed by atoms with van der Waals surface area (Å²) in [6.07, 6.45) is 3.91. The van der Waals surface area contributed by atoms with E-state index in [1.165, 1.54) is 23.9 Å². The normalized spacial score (nSPS) is 16.2. The number of carbonyl (C=O) groups excluding carboxylic acids is 1. The lowest BCUT2D eigenvalue weighted by atomic mass is 10.2. The van der Waals surface area contributed by atoms with Crippen LogP contribution in [-0.2, 0) is 23.1 Å². The lowest BCUT2D eigenvalue weighted by molar-refractivity contribution is -0.113. The minimum absolute atomic E-state index is 0.0708. The van der Waals surface area contributed by atoms with Gasteiger partial charge in [-0.05, 0) is 37.1 Å². The Hall–Kier alpha value is -2.24. The number of nitrogens with zero attached hydrogens (tertiary/aromatic N) is 5. The van der Waals surface area contributed by atoms with E-state index in [2.05, 4.69) is 36.5 Å². The molecule has 0 bridgehead atoms. The van der Waals surface area contributed by atoms with Crippen LogP contribution in [0.3, 0.4) is 0 Å². The number of amides is 1. The Balaban J connectivity index is 1.48. The molecule has 158 valence electrons. The van der Waals surface area contributed by atoms with Crippen LogP contribution >= 0.6 is 27.7 Å². The molecule has 0 spiro atoms. The molecule has 8 nitrogen and oxygen atoms in total. The first-order valence-electron chi connectivity index (χ1n) is 9.42. The molecule has 0 aliphatic carbocycles. The molecule has 30 heavy (non-hydrogen) atoms. The molecule has 1 amide bonds. The maximum atomic E-state index is 14.0. The Labute approximate surface area is 185 Å². The highest BCUT2D eigenvalue weighted by molar-refractivity contribution is 9.10. The fraction of sp³-hybridized carbons (Fsp3) is 0.368. The molecular formula is C19H20BrFN6O2S. The van der Waals surface area contributed by atoms with Crippen molar-refractivity contribution in [1.82, 2.24) is 24.5 Å². The maximum absolute atomic E-state index is 14.0. The standard InChI is InChI=1S/C19H20BrFN6O2S/c1-26-7-6-16(25-26)18-23-24-19(27(18)10-13-3-2-8-29-13)30-11-17(28)22-15-5-4-12(20)9-14(15)21/h4-7,9,13H,2-3,8,10-11H2,1H3,(H,22,28)/t13-/m1/s1. The molecule has 1 aliphatic rings. The Kier molecular flexibility index (Phi) is 6.49. The molecule has 4 rings (SSSR count). The van der Waals surface area contributed by atoms with Crippen molar-refractivity contribution in [1.29, 1.82) is 0 Å². The number of halogens is 2. The zero-order chi connectivity index (χ0) is 21.1. The topological polar surface area (TPSA) is 86.9 Å². The fourth-order valence-electron chi connectivity index (χ4n) is 3.18. The number of nitrogens with one attached hydrogen (secondary N) is 1. The summed E-state index contributed by atoms with van der Waals surface area (Å²) in [7, 11) is 1.84. The van der Waals surface area contributed by atoms with Gasteiger partial charge in [-0.1, -0.05) is 27.7 Å². The van der Waals surface area contributed by atoms with Gasteiger partial charge in [0.25, 0.3) is 0 Å². The van der Waals surface area contributed by atoms with Crippen molar-refractivity contribution in [2.24, 2.45) is 7.05 Å². The van der Waals surface area contributed by atoms with Crippen molar-refractivity contribution in [2.45, 2.75) is 30.6 Å². The van der Waals surface area contributed by atoms with E-state index >= 15 is 0 Å². The number of rotatable bonds is 7. The van der Waals surface area contributed by atoms with Crippen molar-refractivity contribution >= 4 is 39.3 Å². The van der Waals surface area contributed by atoms with Gasteiger partial charge in [0.2, 0.25) is 5.91 Å². The third kappa shape index (κ3) is 4.90. The van der Waals surface area contributed by atoms with Crippen LogP contribution in [0.5, 0.6) is 0 Å². The summed E-state index contributed by atoms with van der Waals surface area (Å²) >= 11 is 4.44. The van der Waals surface area contributed by atoms with Gasteiger partial charge in [0.05, 0.1) is 24.1 Å². The van der Waals surface area contributed by atoms with Crippen LogP contribution < -0.4 is 5.32 Å². The predicted octanol–water partition coefficient (Wildman–Crippen LogP) is 3.49. The Bertz CT molecular complexity index is 1050. The summed E-state index contributed by atoms with van der Waals surface area (Å²) in [6.45, 7) is 1.33. The quantitative estimate of drug-likeness (QED) is 0.505. The van der Waals surface area contributed by atoms with Gasteiger partial charge in [-0.15, -0.1) is 10.2 Å². The van der Waals surface area contributed by atoms with Crippen molar-refractivity contribution in [3.05, 3.63) is 40.8 Å². The summed E-state index contributed by atoms with van der Waals surface area (Å²) in [6, 6.07) is 6.36. The second-order valence-corrected chi connectivity index (χ2v) is 8.75. The molecule has 0 radical (unpaired) electrons. The largest absolute Gasteiger partial charge is 0.376 e. The lowest BCUT2D eigenvalue weighted by Gasteiger charge is -2.14. The number of hydrogen-bond donors (Lipinski definition) is 1. The van der Waals surface area contributed by atoms with Crippen LogP contribution in [0.4, 0.5) is 10.1 Å². The highest BCUT2D eigenvalue weighted by Crippen LogP contribution is 2.26. The van der Waals surface area contributed by atoms with E-state index < -0.39 is 5.82 Å². The molecule has 1 atom stereocenters. The highest BCUT2D eigenvalue weighted by atomic mass is 79.9. The number of hydrogen-bond acceptors (Lipinski definition) is 6. The van der Waals surface area contributed by atoms with Gasteiger partial charge >= 0.3 is 0 Å².